The molecule has 0 amide bonds. The molecule has 0 aliphatic carbocycles. The molecule has 0 unspecified atom stereocenters. The molecule has 2 aromatic rings. The van der Waals surface area contributed by atoms with Gasteiger partial charge in [-0.05, 0) is 67.6 Å². The van der Waals surface area contributed by atoms with Crippen molar-refractivity contribution in [1.29, 1.82) is 0 Å². The molecule has 0 aliphatic heterocycles. The predicted molar refractivity (Wildman–Crippen MR) is 117 cm³/mol. The van der Waals surface area contributed by atoms with Crippen molar-refractivity contribution in [2.24, 2.45) is 0 Å². The lowest BCUT2D eigenvalue weighted by molar-refractivity contribution is 0.0697. The fourth-order valence-corrected chi connectivity index (χ4v) is 3.35. The standard InChI is InChI=1S/C24H33NO3/c1-6-7-8-9-10-18(3)28-23-15-17(2)21(16-22(23)25(4)5)19-11-13-20(14-12-19)24(26)27/h11-16,18H,6-10H2,1-5H3,(H,26,27)/t18-/m1/s1. The van der Waals surface area contributed by atoms with Gasteiger partial charge in [-0.1, -0.05) is 38.3 Å². The first-order valence-electron chi connectivity index (χ1n) is 10.2. The molecule has 2 aromatic carbocycles. The molecule has 0 saturated carbocycles. The van der Waals surface area contributed by atoms with Gasteiger partial charge < -0.3 is 14.7 Å². The third-order valence-electron chi connectivity index (χ3n) is 5.02. The highest BCUT2D eigenvalue weighted by Crippen LogP contribution is 2.36. The number of benzene rings is 2. The van der Waals surface area contributed by atoms with E-state index >= 15 is 0 Å². The number of hydrogen-bond donors (Lipinski definition) is 1. The number of carbonyl (C=O) groups is 1. The second-order valence-corrected chi connectivity index (χ2v) is 7.69. The highest BCUT2D eigenvalue weighted by Gasteiger charge is 2.15. The van der Waals surface area contributed by atoms with E-state index in [1.54, 1.807) is 12.1 Å². The van der Waals surface area contributed by atoms with Gasteiger partial charge in [0.15, 0.2) is 0 Å². The van der Waals surface area contributed by atoms with E-state index in [0.29, 0.717) is 5.56 Å². The van der Waals surface area contributed by atoms with Crippen molar-refractivity contribution in [2.75, 3.05) is 19.0 Å². The molecule has 1 atom stereocenters. The number of carboxylic acid groups (broad SMARTS) is 1. The Morgan fingerprint density at radius 3 is 2.36 bits per heavy atom. The van der Waals surface area contributed by atoms with Crippen LogP contribution in [0, 0.1) is 6.92 Å². The fraction of sp³-hybridized carbons (Fsp3) is 0.458. The number of aromatic carboxylic acids is 1. The second-order valence-electron chi connectivity index (χ2n) is 7.69. The summed E-state index contributed by atoms with van der Waals surface area (Å²) in [5.74, 6) is -0.00896. The molecule has 4 heteroatoms. The van der Waals surface area contributed by atoms with Gasteiger partial charge in [0.1, 0.15) is 5.75 Å². The molecule has 2 rings (SSSR count). The minimum atomic E-state index is -0.908. The summed E-state index contributed by atoms with van der Waals surface area (Å²) in [7, 11) is 4.03. The number of ether oxygens (including phenoxy) is 1. The van der Waals surface area contributed by atoms with Crippen LogP contribution in [0.3, 0.4) is 0 Å². The summed E-state index contributed by atoms with van der Waals surface area (Å²) in [4.78, 5) is 13.2. The molecule has 0 bridgehead atoms. The molecule has 0 heterocycles. The Kier molecular flexibility index (Phi) is 7.91. The van der Waals surface area contributed by atoms with Gasteiger partial charge in [0.25, 0.3) is 0 Å². The average Bonchev–Trinajstić information content (AvgIpc) is 2.65. The Hall–Kier alpha value is -2.49. The summed E-state index contributed by atoms with van der Waals surface area (Å²) in [6, 6.07) is 11.2. The molecule has 0 aliphatic rings. The van der Waals surface area contributed by atoms with Crippen LogP contribution in [0.1, 0.15) is 61.9 Å². The van der Waals surface area contributed by atoms with Crippen molar-refractivity contribution >= 4 is 11.7 Å². The van der Waals surface area contributed by atoms with Gasteiger partial charge in [-0.3, -0.25) is 0 Å². The first kappa shape index (κ1) is 21.8. The van der Waals surface area contributed by atoms with Crippen molar-refractivity contribution in [3.8, 4) is 16.9 Å². The molecule has 4 nitrogen and oxygen atoms in total. The molecule has 0 fully saturated rings. The number of aryl methyl sites for hydroxylation is 1. The summed E-state index contributed by atoms with van der Waals surface area (Å²) >= 11 is 0. The van der Waals surface area contributed by atoms with E-state index < -0.39 is 5.97 Å². The van der Waals surface area contributed by atoms with Crippen LogP contribution in [0.25, 0.3) is 11.1 Å². The quantitative estimate of drug-likeness (QED) is 0.499. The van der Waals surface area contributed by atoms with Crippen molar-refractivity contribution in [3.63, 3.8) is 0 Å². The topological polar surface area (TPSA) is 49.8 Å². The van der Waals surface area contributed by atoms with E-state index in [4.69, 9.17) is 9.84 Å². The minimum absolute atomic E-state index is 0.177. The molecular formula is C24H33NO3. The van der Waals surface area contributed by atoms with E-state index in [9.17, 15) is 4.79 Å². The third-order valence-corrected chi connectivity index (χ3v) is 5.02. The monoisotopic (exact) mass is 383 g/mol. The van der Waals surface area contributed by atoms with E-state index in [1.807, 2.05) is 26.2 Å². The third kappa shape index (κ3) is 5.75. The van der Waals surface area contributed by atoms with Crippen LogP contribution >= 0.6 is 0 Å². The van der Waals surface area contributed by atoms with Crippen LogP contribution < -0.4 is 9.64 Å². The Morgan fingerprint density at radius 1 is 1.11 bits per heavy atom. The zero-order valence-corrected chi connectivity index (χ0v) is 17.8. The predicted octanol–water partition coefficient (Wildman–Crippen LogP) is 6.16. The largest absolute Gasteiger partial charge is 0.489 e. The van der Waals surface area contributed by atoms with Gasteiger partial charge in [-0.2, -0.15) is 0 Å². The van der Waals surface area contributed by atoms with Crippen LogP contribution in [0.15, 0.2) is 36.4 Å². The van der Waals surface area contributed by atoms with Crippen LogP contribution in [0.4, 0.5) is 5.69 Å². The second kappa shape index (κ2) is 10.2. The zero-order valence-electron chi connectivity index (χ0n) is 17.8. The van der Waals surface area contributed by atoms with E-state index in [0.717, 1.165) is 34.5 Å². The van der Waals surface area contributed by atoms with Gasteiger partial charge in [0.05, 0.1) is 17.4 Å². The first-order valence-corrected chi connectivity index (χ1v) is 10.2. The smallest absolute Gasteiger partial charge is 0.335 e. The summed E-state index contributed by atoms with van der Waals surface area (Å²) in [5.41, 5.74) is 4.53. The van der Waals surface area contributed by atoms with Crippen LogP contribution in [0.2, 0.25) is 0 Å². The van der Waals surface area contributed by atoms with Crippen LogP contribution in [0.5, 0.6) is 5.75 Å². The summed E-state index contributed by atoms with van der Waals surface area (Å²) in [6.45, 7) is 6.43. The van der Waals surface area contributed by atoms with Gasteiger partial charge in [0.2, 0.25) is 0 Å². The summed E-state index contributed by atoms with van der Waals surface area (Å²) < 4.78 is 6.29. The van der Waals surface area contributed by atoms with Crippen molar-refractivity contribution in [2.45, 2.75) is 59.0 Å². The van der Waals surface area contributed by atoms with Crippen molar-refractivity contribution in [3.05, 3.63) is 47.5 Å². The first-order chi connectivity index (χ1) is 13.3. The van der Waals surface area contributed by atoms with Crippen molar-refractivity contribution < 1.29 is 14.6 Å². The van der Waals surface area contributed by atoms with Gasteiger partial charge in [-0.15, -0.1) is 0 Å². The number of nitrogens with zero attached hydrogens (tertiary/aromatic N) is 1. The number of unbranched alkanes of at least 4 members (excludes halogenated alkanes) is 3. The van der Waals surface area contributed by atoms with E-state index in [-0.39, 0.29) is 6.10 Å². The Bertz CT molecular complexity index is 781. The molecule has 28 heavy (non-hydrogen) atoms. The molecule has 0 saturated heterocycles. The Morgan fingerprint density at radius 2 is 1.79 bits per heavy atom. The molecule has 0 spiro atoms. The summed E-state index contributed by atoms with van der Waals surface area (Å²) in [5, 5.41) is 9.11. The maximum Gasteiger partial charge on any atom is 0.335 e. The normalized spacial score (nSPS) is 11.9. The number of rotatable bonds is 10. The lowest BCUT2D eigenvalue weighted by Gasteiger charge is -2.23. The number of hydrogen-bond acceptors (Lipinski definition) is 3. The van der Waals surface area contributed by atoms with Gasteiger partial charge in [0, 0.05) is 14.1 Å². The lowest BCUT2D eigenvalue weighted by atomic mass is 9.98. The van der Waals surface area contributed by atoms with Gasteiger partial charge in [-0.25, -0.2) is 4.79 Å². The van der Waals surface area contributed by atoms with Crippen LogP contribution in [-0.4, -0.2) is 31.3 Å². The fourth-order valence-electron chi connectivity index (χ4n) is 3.35. The zero-order chi connectivity index (χ0) is 20.7. The average molecular weight is 384 g/mol. The minimum Gasteiger partial charge on any atom is -0.489 e. The van der Waals surface area contributed by atoms with E-state index in [1.165, 1.54) is 25.7 Å². The lowest BCUT2D eigenvalue weighted by Crippen LogP contribution is -2.16. The molecule has 0 radical (unpaired) electrons. The van der Waals surface area contributed by atoms with E-state index in [2.05, 4.69) is 37.8 Å². The number of anilines is 1. The maximum atomic E-state index is 11.1. The molecule has 152 valence electrons. The molecule has 0 aromatic heterocycles. The SMILES string of the molecule is CCCCCC[C@@H](C)Oc1cc(C)c(-c2ccc(C(=O)O)cc2)cc1N(C)C. The molecular weight excluding hydrogens is 350 g/mol. The van der Waals surface area contributed by atoms with Crippen LogP contribution in [-0.2, 0) is 0 Å². The Labute approximate surface area is 169 Å². The van der Waals surface area contributed by atoms with Crippen molar-refractivity contribution in [1.82, 2.24) is 0 Å². The molecule has 1 N–H and O–H groups in total. The summed E-state index contributed by atoms with van der Waals surface area (Å²) in [6.07, 6.45) is 6.22. The Balaban J connectivity index is 2.24. The van der Waals surface area contributed by atoms with Gasteiger partial charge >= 0.3 is 5.97 Å². The highest BCUT2D eigenvalue weighted by molar-refractivity contribution is 5.88. The maximum absolute atomic E-state index is 11.1. The number of carboxylic acids is 1. The highest BCUT2D eigenvalue weighted by atomic mass is 16.5.